The van der Waals surface area contributed by atoms with Gasteiger partial charge in [-0.15, -0.1) is 0 Å². The van der Waals surface area contributed by atoms with Crippen molar-refractivity contribution in [3.8, 4) is 5.75 Å². The summed E-state index contributed by atoms with van der Waals surface area (Å²) in [6.07, 6.45) is 1.07. The number of ether oxygens (including phenoxy) is 1. The highest BCUT2D eigenvalue weighted by molar-refractivity contribution is 6.06. The molecule has 2 amide bonds. The number of rotatable bonds is 6. The molecule has 0 bridgehead atoms. The van der Waals surface area contributed by atoms with E-state index in [9.17, 15) is 9.59 Å². The molecule has 3 aliphatic rings. The number of nitrogens with one attached hydrogen (secondary N) is 1. The highest BCUT2D eigenvalue weighted by atomic mass is 16.5. The Morgan fingerprint density at radius 2 is 1.86 bits per heavy atom. The maximum atomic E-state index is 12.2. The van der Waals surface area contributed by atoms with Gasteiger partial charge < -0.3 is 9.64 Å². The summed E-state index contributed by atoms with van der Waals surface area (Å²) in [4.78, 5) is 30.9. The quantitative estimate of drug-likeness (QED) is 0.721. The minimum absolute atomic E-state index is 0.100. The summed E-state index contributed by atoms with van der Waals surface area (Å²) in [7, 11) is 2.16. The van der Waals surface area contributed by atoms with E-state index in [1.54, 1.807) is 0 Å². The van der Waals surface area contributed by atoms with Crippen molar-refractivity contribution in [1.29, 1.82) is 0 Å². The average molecular weight is 386 g/mol. The lowest BCUT2D eigenvalue weighted by Gasteiger charge is -2.32. The molecule has 7 nitrogen and oxygen atoms in total. The van der Waals surface area contributed by atoms with Crippen LogP contribution >= 0.6 is 0 Å². The second-order valence-electron chi connectivity index (χ2n) is 8.40. The summed E-state index contributed by atoms with van der Waals surface area (Å²) in [5.74, 6) is 0.681. The Morgan fingerprint density at radius 1 is 1.07 bits per heavy atom. The van der Waals surface area contributed by atoms with Crippen LogP contribution in [0.15, 0.2) is 24.3 Å². The highest BCUT2D eigenvalue weighted by Crippen LogP contribution is 2.38. The van der Waals surface area contributed by atoms with E-state index in [1.807, 2.05) is 18.2 Å². The molecule has 4 rings (SSSR count). The van der Waals surface area contributed by atoms with Crippen molar-refractivity contribution in [3.63, 3.8) is 0 Å². The number of hydrogen-bond donors (Lipinski definition) is 1. The molecule has 1 aromatic rings. The van der Waals surface area contributed by atoms with E-state index >= 15 is 0 Å². The lowest BCUT2D eigenvalue weighted by atomic mass is 9.85. The van der Waals surface area contributed by atoms with Crippen LogP contribution < -0.4 is 10.1 Å². The fraction of sp³-hybridized carbons (Fsp3) is 0.619. The Hall–Kier alpha value is -1.96. The van der Waals surface area contributed by atoms with Gasteiger partial charge in [0.05, 0.1) is 5.41 Å². The number of amides is 2. The van der Waals surface area contributed by atoms with Gasteiger partial charge in [0.15, 0.2) is 0 Å². The molecule has 1 atom stereocenters. The van der Waals surface area contributed by atoms with Crippen LogP contribution in [-0.4, -0.2) is 86.0 Å². The van der Waals surface area contributed by atoms with E-state index in [0.717, 1.165) is 63.5 Å². The largest absolute Gasteiger partial charge is 0.492 e. The summed E-state index contributed by atoms with van der Waals surface area (Å²) in [6, 6.07) is 8.15. The molecule has 3 heterocycles. The SMILES string of the molecule is CN1CCN(CCOc2ccccc2CN2CC[C@@]3(CC(=O)NC3=O)C2)CC1. The normalized spacial score (nSPS) is 26.9. The summed E-state index contributed by atoms with van der Waals surface area (Å²) in [5, 5.41) is 2.47. The zero-order valence-electron chi connectivity index (χ0n) is 16.7. The fourth-order valence-electron chi connectivity index (χ4n) is 4.49. The van der Waals surface area contributed by atoms with Crippen LogP contribution in [0, 0.1) is 5.41 Å². The van der Waals surface area contributed by atoms with E-state index in [2.05, 4.69) is 33.1 Å². The summed E-state index contributed by atoms with van der Waals surface area (Å²) < 4.78 is 6.12. The predicted molar refractivity (Wildman–Crippen MR) is 106 cm³/mol. The third-order valence-corrected chi connectivity index (χ3v) is 6.29. The van der Waals surface area contributed by atoms with Crippen molar-refractivity contribution in [3.05, 3.63) is 29.8 Å². The van der Waals surface area contributed by atoms with Gasteiger partial charge in [0.25, 0.3) is 0 Å². The molecule has 1 spiro atoms. The van der Waals surface area contributed by atoms with E-state index in [-0.39, 0.29) is 11.8 Å². The molecule has 3 saturated heterocycles. The number of benzene rings is 1. The molecule has 3 aliphatic heterocycles. The first-order chi connectivity index (χ1) is 13.5. The van der Waals surface area contributed by atoms with Gasteiger partial charge in [-0.05, 0) is 26.1 Å². The number of imide groups is 1. The van der Waals surface area contributed by atoms with Crippen molar-refractivity contribution >= 4 is 11.8 Å². The Morgan fingerprint density at radius 3 is 2.61 bits per heavy atom. The van der Waals surface area contributed by atoms with Gasteiger partial charge in [-0.2, -0.15) is 0 Å². The number of nitrogens with zero attached hydrogens (tertiary/aromatic N) is 3. The van der Waals surface area contributed by atoms with Crippen LogP contribution in [0.1, 0.15) is 18.4 Å². The molecule has 0 saturated carbocycles. The Kier molecular flexibility index (Phi) is 5.66. The number of hydrogen-bond acceptors (Lipinski definition) is 6. The monoisotopic (exact) mass is 386 g/mol. The molecule has 1 N–H and O–H groups in total. The van der Waals surface area contributed by atoms with Crippen molar-refractivity contribution in [1.82, 2.24) is 20.0 Å². The topological polar surface area (TPSA) is 65.1 Å². The zero-order valence-corrected chi connectivity index (χ0v) is 16.7. The van der Waals surface area contributed by atoms with Gasteiger partial charge in [0.2, 0.25) is 11.8 Å². The minimum Gasteiger partial charge on any atom is -0.492 e. The molecule has 152 valence electrons. The molecule has 1 aromatic carbocycles. The molecule has 0 aliphatic carbocycles. The number of para-hydroxylation sites is 1. The lowest BCUT2D eigenvalue weighted by molar-refractivity contribution is -0.128. The number of likely N-dealkylation sites (N-methyl/N-ethyl adjacent to an activating group) is 1. The molecule has 3 fully saturated rings. The smallest absolute Gasteiger partial charge is 0.234 e. The number of likely N-dealkylation sites (tertiary alicyclic amines) is 1. The Balaban J connectivity index is 1.31. The first kappa shape index (κ1) is 19.4. The second-order valence-corrected chi connectivity index (χ2v) is 8.40. The number of piperazine rings is 1. The molecule has 0 radical (unpaired) electrons. The van der Waals surface area contributed by atoms with Crippen molar-refractivity contribution in [2.24, 2.45) is 5.41 Å². The summed E-state index contributed by atoms with van der Waals surface area (Å²) in [5.41, 5.74) is 0.622. The highest BCUT2D eigenvalue weighted by Gasteiger charge is 2.50. The molecule has 7 heteroatoms. The van der Waals surface area contributed by atoms with E-state index in [0.29, 0.717) is 19.6 Å². The fourth-order valence-corrected chi connectivity index (χ4v) is 4.49. The zero-order chi connectivity index (χ0) is 19.6. The van der Waals surface area contributed by atoms with Gasteiger partial charge in [-0.1, -0.05) is 18.2 Å². The lowest BCUT2D eigenvalue weighted by Crippen LogP contribution is -2.45. The first-order valence-corrected chi connectivity index (χ1v) is 10.2. The average Bonchev–Trinajstić information content (AvgIpc) is 3.20. The van der Waals surface area contributed by atoms with Crippen molar-refractivity contribution in [2.75, 3.05) is 59.5 Å². The maximum Gasteiger partial charge on any atom is 0.234 e. The Labute approximate surface area is 166 Å². The van der Waals surface area contributed by atoms with Gasteiger partial charge in [-0.25, -0.2) is 0 Å². The molecule has 28 heavy (non-hydrogen) atoms. The van der Waals surface area contributed by atoms with Crippen LogP contribution in [0.25, 0.3) is 0 Å². The van der Waals surface area contributed by atoms with Gasteiger partial charge in [-0.3, -0.25) is 24.7 Å². The maximum absolute atomic E-state index is 12.2. The standard InChI is InChI=1S/C21H30N4O3/c1-23-8-10-24(11-9-23)12-13-28-18-5-3-2-4-17(18)15-25-7-6-21(16-25)14-19(26)22-20(21)27/h2-5H,6-16H2,1H3,(H,22,26,27)/t21-/m1/s1. The van der Waals surface area contributed by atoms with Crippen LogP contribution in [-0.2, 0) is 16.1 Å². The minimum atomic E-state index is -0.520. The van der Waals surface area contributed by atoms with Crippen LogP contribution in [0.2, 0.25) is 0 Å². The van der Waals surface area contributed by atoms with Gasteiger partial charge >= 0.3 is 0 Å². The number of carbonyl (C=O) groups excluding carboxylic acids is 2. The van der Waals surface area contributed by atoms with Crippen LogP contribution in [0.5, 0.6) is 5.75 Å². The van der Waals surface area contributed by atoms with E-state index in [4.69, 9.17) is 4.74 Å². The summed E-state index contributed by atoms with van der Waals surface area (Å²) >= 11 is 0. The third kappa shape index (κ3) is 4.21. The first-order valence-electron chi connectivity index (χ1n) is 10.2. The van der Waals surface area contributed by atoms with Gasteiger partial charge in [0.1, 0.15) is 12.4 Å². The van der Waals surface area contributed by atoms with Crippen molar-refractivity contribution < 1.29 is 14.3 Å². The molecule has 0 unspecified atom stereocenters. The van der Waals surface area contributed by atoms with Gasteiger partial charge in [0, 0.05) is 57.8 Å². The molecule has 0 aromatic heterocycles. The summed E-state index contributed by atoms with van der Waals surface area (Å²) in [6.45, 7) is 8.26. The van der Waals surface area contributed by atoms with E-state index in [1.165, 1.54) is 0 Å². The van der Waals surface area contributed by atoms with Crippen LogP contribution in [0.4, 0.5) is 0 Å². The molecular weight excluding hydrogens is 356 g/mol. The van der Waals surface area contributed by atoms with Crippen LogP contribution in [0.3, 0.4) is 0 Å². The predicted octanol–water partition coefficient (Wildman–Crippen LogP) is 0.551. The Bertz CT molecular complexity index is 732. The number of carbonyl (C=O) groups is 2. The van der Waals surface area contributed by atoms with Crippen molar-refractivity contribution in [2.45, 2.75) is 19.4 Å². The third-order valence-electron chi connectivity index (χ3n) is 6.29. The molecular formula is C21H30N4O3. The second kappa shape index (κ2) is 8.19. The van der Waals surface area contributed by atoms with E-state index < -0.39 is 5.41 Å².